The first kappa shape index (κ1) is 15.2. The zero-order valence-corrected chi connectivity index (χ0v) is 14.1. The van der Waals surface area contributed by atoms with Gasteiger partial charge >= 0.3 is 0 Å². The molecule has 0 aromatic heterocycles. The van der Waals surface area contributed by atoms with Gasteiger partial charge in [0.1, 0.15) is 5.82 Å². The molecular weight excluding hydrogens is 362 g/mol. The average Bonchev–Trinajstić information content (AvgIpc) is 2.56. The first-order chi connectivity index (χ1) is 10.6. The summed E-state index contributed by atoms with van der Waals surface area (Å²) in [6.07, 6.45) is 0. The number of rotatable bonds is 3. The third kappa shape index (κ3) is 2.67. The first-order valence-electron chi connectivity index (χ1n) is 6.79. The van der Waals surface area contributed by atoms with Gasteiger partial charge in [0.25, 0.3) is 0 Å². The lowest BCUT2D eigenvalue weighted by atomic mass is 10.3. The standard InChI is InChI=1S/C18H13BrFOP/c19-14-11-12-18(17(20)13-14)22(21,15-7-3-1-4-8-15)16-9-5-2-6-10-16/h1-13H. The summed E-state index contributed by atoms with van der Waals surface area (Å²) in [7, 11) is -3.23. The number of hydrogen-bond acceptors (Lipinski definition) is 1. The van der Waals surface area contributed by atoms with Gasteiger partial charge in [0.05, 0.1) is 5.30 Å². The molecule has 0 fully saturated rings. The van der Waals surface area contributed by atoms with Crippen molar-refractivity contribution in [2.24, 2.45) is 0 Å². The summed E-state index contributed by atoms with van der Waals surface area (Å²) in [5.41, 5.74) is 0. The van der Waals surface area contributed by atoms with Crippen molar-refractivity contribution >= 4 is 39.0 Å². The topological polar surface area (TPSA) is 17.1 Å². The summed E-state index contributed by atoms with van der Waals surface area (Å²) in [6, 6.07) is 22.8. The summed E-state index contributed by atoms with van der Waals surface area (Å²) in [5, 5.41) is 1.48. The minimum atomic E-state index is -3.23. The van der Waals surface area contributed by atoms with Gasteiger partial charge in [0.15, 0.2) is 7.14 Å². The Morgan fingerprint density at radius 2 is 1.27 bits per heavy atom. The predicted molar refractivity (Wildman–Crippen MR) is 93.5 cm³/mol. The predicted octanol–water partition coefficient (Wildman–Crippen LogP) is 4.23. The quantitative estimate of drug-likeness (QED) is 0.627. The molecule has 110 valence electrons. The van der Waals surface area contributed by atoms with Crippen LogP contribution in [0.3, 0.4) is 0 Å². The molecule has 3 rings (SSSR count). The summed E-state index contributed by atoms with van der Waals surface area (Å²) in [4.78, 5) is 0. The van der Waals surface area contributed by atoms with Crippen LogP contribution in [0, 0.1) is 5.82 Å². The van der Waals surface area contributed by atoms with E-state index in [0.717, 1.165) is 0 Å². The molecule has 0 atom stereocenters. The van der Waals surface area contributed by atoms with Crippen molar-refractivity contribution in [3.8, 4) is 0 Å². The van der Waals surface area contributed by atoms with Gasteiger partial charge in [0.2, 0.25) is 0 Å². The Hall–Kier alpha value is -1.70. The maximum atomic E-state index is 14.5. The molecule has 0 aliphatic heterocycles. The van der Waals surface area contributed by atoms with E-state index in [1.54, 1.807) is 36.4 Å². The van der Waals surface area contributed by atoms with E-state index in [-0.39, 0.29) is 5.30 Å². The highest BCUT2D eigenvalue weighted by Gasteiger charge is 2.32. The second kappa shape index (κ2) is 6.20. The molecule has 0 aliphatic rings. The van der Waals surface area contributed by atoms with Gasteiger partial charge in [-0.15, -0.1) is 0 Å². The Labute approximate surface area is 137 Å². The molecular formula is C18H13BrFOP. The molecule has 0 heterocycles. The van der Waals surface area contributed by atoms with E-state index in [9.17, 15) is 8.96 Å². The molecule has 0 saturated carbocycles. The molecule has 0 radical (unpaired) electrons. The van der Waals surface area contributed by atoms with E-state index < -0.39 is 13.0 Å². The molecule has 1 nitrogen and oxygen atoms in total. The third-order valence-corrected chi connectivity index (χ3v) is 7.07. The maximum absolute atomic E-state index is 14.5. The van der Waals surface area contributed by atoms with Crippen molar-refractivity contribution in [1.29, 1.82) is 0 Å². The van der Waals surface area contributed by atoms with Crippen molar-refractivity contribution in [2.45, 2.75) is 0 Å². The lowest BCUT2D eigenvalue weighted by Crippen LogP contribution is -2.27. The van der Waals surface area contributed by atoms with Crippen molar-refractivity contribution in [2.75, 3.05) is 0 Å². The van der Waals surface area contributed by atoms with Crippen molar-refractivity contribution in [3.63, 3.8) is 0 Å². The Kier molecular flexibility index (Phi) is 4.28. The summed E-state index contributed by atoms with van der Waals surface area (Å²) < 4.78 is 29.0. The number of halogens is 2. The van der Waals surface area contributed by atoms with Crippen LogP contribution in [-0.4, -0.2) is 0 Å². The van der Waals surface area contributed by atoms with Crippen LogP contribution < -0.4 is 15.9 Å². The van der Waals surface area contributed by atoms with E-state index in [0.29, 0.717) is 15.1 Å². The fraction of sp³-hybridized carbons (Fsp3) is 0. The van der Waals surface area contributed by atoms with Crippen LogP contribution in [0.25, 0.3) is 0 Å². The van der Waals surface area contributed by atoms with Crippen LogP contribution in [0.4, 0.5) is 4.39 Å². The normalized spacial score (nSPS) is 11.4. The smallest absolute Gasteiger partial charge is 0.173 e. The molecule has 0 spiro atoms. The van der Waals surface area contributed by atoms with Gasteiger partial charge in [-0.1, -0.05) is 76.6 Å². The van der Waals surface area contributed by atoms with Crippen molar-refractivity contribution < 1.29 is 8.96 Å². The highest BCUT2D eigenvalue weighted by atomic mass is 79.9. The fourth-order valence-electron chi connectivity index (χ4n) is 2.44. The molecule has 0 N–H and O–H groups in total. The minimum Gasteiger partial charge on any atom is -0.309 e. The van der Waals surface area contributed by atoms with Gasteiger partial charge in [-0.25, -0.2) is 4.39 Å². The molecule has 0 amide bonds. The Morgan fingerprint density at radius 1 is 0.773 bits per heavy atom. The zero-order valence-electron chi connectivity index (χ0n) is 11.6. The van der Waals surface area contributed by atoms with Crippen LogP contribution in [-0.2, 0) is 4.57 Å². The average molecular weight is 375 g/mol. The SMILES string of the molecule is O=P(c1ccccc1)(c1ccccc1)c1ccc(Br)cc1F. The molecule has 3 aromatic rings. The molecule has 0 saturated heterocycles. The fourth-order valence-corrected chi connectivity index (χ4v) is 5.46. The van der Waals surface area contributed by atoms with Crippen LogP contribution in [0.5, 0.6) is 0 Å². The third-order valence-electron chi connectivity index (χ3n) is 3.49. The Morgan fingerprint density at radius 3 is 1.73 bits per heavy atom. The summed E-state index contributed by atoms with van der Waals surface area (Å²) in [6.45, 7) is 0. The van der Waals surface area contributed by atoms with Crippen molar-refractivity contribution in [3.05, 3.63) is 89.2 Å². The van der Waals surface area contributed by atoms with Crippen molar-refractivity contribution in [1.82, 2.24) is 0 Å². The lowest BCUT2D eigenvalue weighted by Gasteiger charge is -2.20. The van der Waals surface area contributed by atoms with Crippen LogP contribution >= 0.6 is 23.1 Å². The Bertz CT molecular complexity index is 791. The van der Waals surface area contributed by atoms with Gasteiger partial charge in [-0.3, -0.25) is 0 Å². The molecule has 3 aromatic carbocycles. The highest BCUT2D eigenvalue weighted by Crippen LogP contribution is 2.43. The molecule has 0 unspecified atom stereocenters. The zero-order chi connectivity index (χ0) is 15.6. The lowest BCUT2D eigenvalue weighted by molar-refractivity contribution is 0.588. The van der Waals surface area contributed by atoms with E-state index in [2.05, 4.69) is 15.9 Å². The minimum absolute atomic E-state index is 0.230. The van der Waals surface area contributed by atoms with E-state index in [1.165, 1.54) is 6.07 Å². The second-order valence-electron chi connectivity index (χ2n) is 4.88. The Balaban J connectivity index is 2.31. The molecule has 0 bridgehead atoms. The van der Waals surface area contributed by atoms with Crippen LogP contribution in [0.15, 0.2) is 83.3 Å². The van der Waals surface area contributed by atoms with E-state index >= 15 is 0 Å². The van der Waals surface area contributed by atoms with Crippen LogP contribution in [0.2, 0.25) is 0 Å². The van der Waals surface area contributed by atoms with E-state index in [1.807, 2.05) is 36.4 Å². The number of hydrogen-bond donors (Lipinski definition) is 0. The first-order valence-corrected chi connectivity index (χ1v) is 9.29. The van der Waals surface area contributed by atoms with E-state index in [4.69, 9.17) is 0 Å². The van der Waals surface area contributed by atoms with Gasteiger partial charge in [-0.05, 0) is 18.2 Å². The largest absolute Gasteiger partial charge is 0.309 e. The molecule has 4 heteroatoms. The molecule has 0 aliphatic carbocycles. The van der Waals surface area contributed by atoms with Crippen LogP contribution in [0.1, 0.15) is 0 Å². The summed E-state index contributed by atoms with van der Waals surface area (Å²) in [5.74, 6) is -0.467. The highest BCUT2D eigenvalue weighted by molar-refractivity contribution is 9.10. The number of benzene rings is 3. The van der Waals surface area contributed by atoms with Gasteiger partial charge in [0, 0.05) is 15.1 Å². The van der Waals surface area contributed by atoms with Gasteiger partial charge in [-0.2, -0.15) is 0 Å². The van der Waals surface area contributed by atoms with Gasteiger partial charge < -0.3 is 4.57 Å². The second-order valence-corrected chi connectivity index (χ2v) is 8.52. The summed E-state index contributed by atoms with van der Waals surface area (Å²) >= 11 is 3.25. The monoisotopic (exact) mass is 374 g/mol. The molecule has 22 heavy (non-hydrogen) atoms. The maximum Gasteiger partial charge on any atom is 0.173 e.